The summed E-state index contributed by atoms with van der Waals surface area (Å²) in [6, 6.07) is 8.89. The van der Waals surface area contributed by atoms with Crippen LogP contribution < -0.4 is 5.32 Å². The van der Waals surface area contributed by atoms with Gasteiger partial charge in [0.05, 0.1) is 6.61 Å². The van der Waals surface area contributed by atoms with Crippen LogP contribution in [0.15, 0.2) is 28.7 Å². The first-order valence-corrected chi connectivity index (χ1v) is 8.17. The average molecular weight is 341 g/mol. The number of likely N-dealkylation sites (tertiary alicyclic amines) is 1. The second-order valence-electron chi connectivity index (χ2n) is 5.56. The van der Waals surface area contributed by atoms with Gasteiger partial charge < -0.3 is 15.0 Å². The third-order valence-electron chi connectivity index (χ3n) is 4.14. The van der Waals surface area contributed by atoms with E-state index in [0.29, 0.717) is 6.04 Å². The molecule has 0 bridgehead atoms. The molecule has 0 spiro atoms. The minimum atomic E-state index is 0.409. The van der Waals surface area contributed by atoms with Crippen molar-refractivity contribution in [3.8, 4) is 0 Å². The fourth-order valence-electron chi connectivity index (χ4n) is 3.01. The van der Waals surface area contributed by atoms with Gasteiger partial charge in [-0.2, -0.15) is 0 Å². The zero-order chi connectivity index (χ0) is 14.4. The van der Waals surface area contributed by atoms with Gasteiger partial charge in [0.2, 0.25) is 0 Å². The highest BCUT2D eigenvalue weighted by Gasteiger charge is 2.23. The first-order valence-electron chi connectivity index (χ1n) is 7.37. The maximum atomic E-state index is 5.26. The molecule has 1 saturated heterocycles. The predicted octanol–water partition coefficient (Wildman–Crippen LogP) is 3.07. The lowest BCUT2D eigenvalue weighted by Crippen LogP contribution is -2.27. The molecule has 1 aromatic carbocycles. The summed E-state index contributed by atoms with van der Waals surface area (Å²) in [6.45, 7) is 4.43. The number of halogens is 1. The number of methoxy groups -OCH3 is 1. The minimum absolute atomic E-state index is 0.409. The fourth-order valence-corrected chi connectivity index (χ4v) is 3.57. The van der Waals surface area contributed by atoms with Gasteiger partial charge in [0.25, 0.3) is 0 Å². The summed E-state index contributed by atoms with van der Waals surface area (Å²) in [5, 5.41) is 3.44. The molecule has 2 rings (SSSR count). The summed E-state index contributed by atoms with van der Waals surface area (Å²) in [5.74, 6) is 0.719. The van der Waals surface area contributed by atoms with Crippen molar-refractivity contribution in [2.45, 2.75) is 18.9 Å². The maximum Gasteiger partial charge on any atom is 0.0503 e. The lowest BCUT2D eigenvalue weighted by atomic mass is 10.0. The molecule has 0 amide bonds. The van der Waals surface area contributed by atoms with Crippen LogP contribution in [-0.2, 0) is 4.74 Å². The Morgan fingerprint density at radius 1 is 1.45 bits per heavy atom. The molecule has 2 atom stereocenters. The lowest BCUT2D eigenvalue weighted by molar-refractivity contribution is 0.153. The number of nitrogens with zero attached hydrogens (tertiary/aromatic N) is 1. The smallest absolute Gasteiger partial charge is 0.0503 e. The molecule has 1 fully saturated rings. The first kappa shape index (κ1) is 16.0. The van der Waals surface area contributed by atoms with Crippen LogP contribution >= 0.6 is 15.9 Å². The van der Waals surface area contributed by atoms with Gasteiger partial charge in [0, 0.05) is 24.2 Å². The normalized spacial score (nSPS) is 21.2. The Morgan fingerprint density at radius 3 is 2.95 bits per heavy atom. The number of ether oxygens (including phenoxy) is 1. The van der Waals surface area contributed by atoms with E-state index in [9.17, 15) is 0 Å². The molecule has 20 heavy (non-hydrogen) atoms. The van der Waals surface area contributed by atoms with Gasteiger partial charge in [0.15, 0.2) is 0 Å². The van der Waals surface area contributed by atoms with Crippen molar-refractivity contribution in [2.75, 3.05) is 40.4 Å². The van der Waals surface area contributed by atoms with Crippen LogP contribution in [0.3, 0.4) is 0 Å². The van der Waals surface area contributed by atoms with Gasteiger partial charge >= 0.3 is 0 Å². The fraction of sp³-hybridized carbons (Fsp3) is 0.625. The molecular formula is C16H25BrN2O. The van der Waals surface area contributed by atoms with E-state index in [4.69, 9.17) is 4.74 Å². The summed E-state index contributed by atoms with van der Waals surface area (Å²) in [7, 11) is 3.84. The number of nitrogens with one attached hydrogen (secondary N) is 1. The Morgan fingerprint density at radius 2 is 2.25 bits per heavy atom. The average Bonchev–Trinajstić information content (AvgIpc) is 2.89. The highest BCUT2D eigenvalue weighted by Crippen LogP contribution is 2.26. The second kappa shape index (κ2) is 8.13. The van der Waals surface area contributed by atoms with Crippen molar-refractivity contribution in [1.82, 2.24) is 10.2 Å². The number of rotatable bonds is 7. The van der Waals surface area contributed by atoms with Gasteiger partial charge in [-0.05, 0) is 50.5 Å². The number of hydrogen-bond acceptors (Lipinski definition) is 3. The van der Waals surface area contributed by atoms with Crippen LogP contribution in [0.1, 0.15) is 24.4 Å². The zero-order valence-corrected chi connectivity index (χ0v) is 14.0. The Labute approximate surface area is 130 Å². The molecular weight excluding hydrogens is 316 g/mol. The minimum Gasteiger partial charge on any atom is -0.384 e. The van der Waals surface area contributed by atoms with Gasteiger partial charge in [0.1, 0.15) is 0 Å². The standard InChI is InChI=1S/C16H25BrN2O/c1-18-16(14-5-3-4-6-15(14)17)8-10-19-9-7-13(11-19)12-20-2/h3-6,13,16,18H,7-12H2,1-2H3. The molecule has 1 N–H and O–H groups in total. The highest BCUT2D eigenvalue weighted by molar-refractivity contribution is 9.10. The summed E-state index contributed by atoms with van der Waals surface area (Å²) in [6.07, 6.45) is 2.41. The zero-order valence-electron chi connectivity index (χ0n) is 12.4. The van der Waals surface area contributed by atoms with Crippen molar-refractivity contribution < 1.29 is 4.74 Å². The van der Waals surface area contributed by atoms with Crippen molar-refractivity contribution in [3.05, 3.63) is 34.3 Å². The molecule has 1 aromatic rings. The van der Waals surface area contributed by atoms with Crippen LogP contribution in [0.25, 0.3) is 0 Å². The van der Waals surface area contributed by atoms with E-state index < -0.39 is 0 Å². The van der Waals surface area contributed by atoms with Crippen LogP contribution in [0.5, 0.6) is 0 Å². The molecule has 1 heterocycles. The highest BCUT2D eigenvalue weighted by atomic mass is 79.9. The molecule has 112 valence electrons. The SMILES string of the molecule is CNC(CCN1CCC(COC)C1)c1ccccc1Br. The maximum absolute atomic E-state index is 5.26. The Bertz CT molecular complexity index is 413. The quantitative estimate of drug-likeness (QED) is 0.825. The Kier molecular flexibility index (Phi) is 6.49. The van der Waals surface area contributed by atoms with Crippen molar-refractivity contribution in [3.63, 3.8) is 0 Å². The van der Waals surface area contributed by atoms with E-state index in [-0.39, 0.29) is 0 Å². The molecule has 1 aliphatic rings. The van der Waals surface area contributed by atoms with Crippen LogP contribution in [0, 0.1) is 5.92 Å². The lowest BCUT2D eigenvalue weighted by Gasteiger charge is -2.22. The van der Waals surface area contributed by atoms with Gasteiger partial charge in [-0.3, -0.25) is 0 Å². The molecule has 2 unspecified atom stereocenters. The molecule has 0 aliphatic carbocycles. The Hall–Kier alpha value is -0.420. The third kappa shape index (κ3) is 4.29. The van der Waals surface area contributed by atoms with Gasteiger partial charge in [-0.1, -0.05) is 34.1 Å². The third-order valence-corrected chi connectivity index (χ3v) is 4.86. The van der Waals surface area contributed by atoms with Crippen LogP contribution in [-0.4, -0.2) is 45.3 Å². The van der Waals surface area contributed by atoms with Crippen LogP contribution in [0.4, 0.5) is 0 Å². The molecule has 4 heteroatoms. The molecule has 3 nitrogen and oxygen atoms in total. The summed E-state index contributed by atoms with van der Waals surface area (Å²) < 4.78 is 6.45. The van der Waals surface area contributed by atoms with Gasteiger partial charge in [-0.25, -0.2) is 0 Å². The number of benzene rings is 1. The molecule has 0 aromatic heterocycles. The summed E-state index contributed by atoms with van der Waals surface area (Å²) in [4.78, 5) is 2.56. The van der Waals surface area contributed by atoms with Gasteiger partial charge in [-0.15, -0.1) is 0 Å². The first-order chi connectivity index (χ1) is 9.74. The van der Waals surface area contributed by atoms with Crippen molar-refractivity contribution in [1.29, 1.82) is 0 Å². The summed E-state index contributed by atoms with van der Waals surface area (Å²) in [5.41, 5.74) is 1.35. The van der Waals surface area contributed by atoms with E-state index in [2.05, 4.69) is 50.4 Å². The van der Waals surface area contributed by atoms with Crippen LogP contribution in [0.2, 0.25) is 0 Å². The predicted molar refractivity (Wildman–Crippen MR) is 87.0 cm³/mol. The second-order valence-corrected chi connectivity index (χ2v) is 6.42. The van der Waals surface area contributed by atoms with E-state index >= 15 is 0 Å². The molecule has 0 saturated carbocycles. The monoisotopic (exact) mass is 340 g/mol. The number of hydrogen-bond donors (Lipinski definition) is 1. The molecule has 0 radical (unpaired) electrons. The summed E-state index contributed by atoms with van der Waals surface area (Å²) >= 11 is 3.65. The van der Waals surface area contributed by atoms with E-state index in [1.807, 2.05) is 7.05 Å². The van der Waals surface area contributed by atoms with E-state index in [1.54, 1.807) is 7.11 Å². The topological polar surface area (TPSA) is 24.5 Å². The molecule has 1 aliphatic heterocycles. The largest absolute Gasteiger partial charge is 0.384 e. The van der Waals surface area contributed by atoms with E-state index in [0.717, 1.165) is 25.5 Å². The van der Waals surface area contributed by atoms with Crippen molar-refractivity contribution in [2.24, 2.45) is 5.92 Å². The van der Waals surface area contributed by atoms with E-state index in [1.165, 1.54) is 29.5 Å². The van der Waals surface area contributed by atoms with Crippen molar-refractivity contribution >= 4 is 15.9 Å². The Balaban J connectivity index is 1.85.